The Balaban J connectivity index is 1.92. The van der Waals surface area contributed by atoms with Crippen molar-refractivity contribution >= 4 is 5.78 Å². The summed E-state index contributed by atoms with van der Waals surface area (Å²) in [4.78, 5) is 11.9. The zero-order chi connectivity index (χ0) is 9.97. The fourth-order valence-corrected chi connectivity index (χ4v) is 2.35. The monoisotopic (exact) mass is 197 g/mol. The molecule has 14 heavy (non-hydrogen) atoms. The quantitative estimate of drug-likeness (QED) is 0.706. The first-order chi connectivity index (χ1) is 6.79. The molecule has 2 fully saturated rings. The Morgan fingerprint density at radius 2 is 2.14 bits per heavy atom. The second kappa shape index (κ2) is 4.38. The highest BCUT2D eigenvalue weighted by Gasteiger charge is 2.30. The summed E-state index contributed by atoms with van der Waals surface area (Å²) in [7, 11) is 0. The molecule has 1 N–H and O–H groups in total. The summed E-state index contributed by atoms with van der Waals surface area (Å²) in [6.07, 6.45) is 4.78. The maximum atomic E-state index is 11.9. The lowest BCUT2D eigenvalue weighted by Crippen LogP contribution is -2.47. The van der Waals surface area contributed by atoms with Gasteiger partial charge >= 0.3 is 0 Å². The fraction of sp³-hybridized carbons (Fsp3) is 0.900. The number of hydrogen-bond donors (Lipinski definition) is 1. The lowest BCUT2D eigenvalue weighted by molar-refractivity contribution is -0.125. The summed E-state index contributed by atoms with van der Waals surface area (Å²) in [6, 6.07) is -0.408. The first kappa shape index (κ1) is 10.1. The molecule has 0 amide bonds. The number of carbonyl (C=O) groups is 1. The fourth-order valence-electron chi connectivity index (χ4n) is 2.35. The van der Waals surface area contributed by atoms with E-state index in [9.17, 15) is 10.0 Å². The van der Waals surface area contributed by atoms with Crippen LogP contribution in [0.1, 0.15) is 32.1 Å². The number of ketones is 1. The highest BCUT2D eigenvalue weighted by molar-refractivity contribution is 5.89. The predicted octanol–water partition coefficient (Wildman–Crippen LogP) is 0.660. The third-order valence-corrected chi connectivity index (χ3v) is 3.19. The van der Waals surface area contributed by atoms with Gasteiger partial charge in [-0.3, -0.25) is 4.79 Å². The van der Waals surface area contributed by atoms with Gasteiger partial charge in [0, 0.05) is 0 Å². The minimum atomic E-state index is -0.356. The van der Waals surface area contributed by atoms with Crippen molar-refractivity contribution in [2.75, 3.05) is 13.1 Å². The standard InChI is InChI=1S/C10H17N2O2/c13-10(8-4-1-2-6-11-8)9-5-3-7-12(9)14/h8-9,11H,1-7H2/q-1. The second-order valence-corrected chi connectivity index (χ2v) is 4.20. The van der Waals surface area contributed by atoms with Gasteiger partial charge in [0.1, 0.15) is 0 Å². The summed E-state index contributed by atoms with van der Waals surface area (Å²) in [6.45, 7) is 1.45. The van der Waals surface area contributed by atoms with Crippen molar-refractivity contribution in [2.45, 2.75) is 44.2 Å². The van der Waals surface area contributed by atoms with E-state index in [1.807, 2.05) is 0 Å². The van der Waals surface area contributed by atoms with Crippen LogP contribution in [0.4, 0.5) is 0 Å². The van der Waals surface area contributed by atoms with Crippen molar-refractivity contribution < 1.29 is 4.79 Å². The summed E-state index contributed by atoms with van der Waals surface area (Å²) in [5.41, 5.74) is 0. The zero-order valence-corrected chi connectivity index (χ0v) is 8.37. The molecular formula is C10H17N2O2-. The van der Waals surface area contributed by atoms with Gasteiger partial charge in [-0.1, -0.05) is 6.42 Å². The molecule has 2 rings (SSSR count). The molecule has 0 aromatic carbocycles. The van der Waals surface area contributed by atoms with Gasteiger partial charge in [-0.25, -0.2) is 0 Å². The number of piperidine rings is 1. The normalized spacial score (nSPS) is 34.6. The van der Waals surface area contributed by atoms with Crippen LogP contribution in [0.5, 0.6) is 0 Å². The number of nitrogens with zero attached hydrogens (tertiary/aromatic N) is 1. The van der Waals surface area contributed by atoms with Crippen LogP contribution in [0.2, 0.25) is 0 Å². The zero-order valence-electron chi connectivity index (χ0n) is 8.37. The van der Waals surface area contributed by atoms with Gasteiger partial charge in [0.05, 0.1) is 12.1 Å². The van der Waals surface area contributed by atoms with E-state index in [2.05, 4.69) is 5.32 Å². The first-order valence-electron chi connectivity index (χ1n) is 5.50. The summed E-state index contributed by atoms with van der Waals surface area (Å²) >= 11 is 0. The van der Waals surface area contributed by atoms with E-state index in [0.29, 0.717) is 6.54 Å². The van der Waals surface area contributed by atoms with Gasteiger partial charge in [0.15, 0.2) is 5.78 Å². The second-order valence-electron chi connectivity index (χ2n) is 4.20. The molecule has 0 aliphatic carbocycles. The molecule has 2 aliphatic heterocycles. The van der Waals surface area contributed by atoms with Crippen molar-refractivity contribution in [2.24, 2.45) is 0 Å². The van der Waals surface area contributed by atoms with Crippen LogP contribution in [-0.4, -0.2) is 36.0 Å². The molecule has 0 spiro atoms. The summed E-state index contributed by atoms with van der Waals surface area (Å²) in [5, 5.41) is 15.5. The molecule has 2 heterocycles. The number of hydrogen-bond acceptors (Lipinski definition) is 4. The third kappa shape index (κ3) is 1.97. The van der Waals surface area contributed by atoms with Gasteiger partial charge < -0.3 is 15.6 Å². The Morgan fingerprint density at radius 1 is 1.29 bits per heavy atom. The summed E-state index contributed by atoms with van der Waals surface area (Å²) < 4.78 is 0. The van der Waals surface area contributed by atoms with Gasteiger partial charge in [0.25, 0.3) is 0 Å². The average Bonchev–Trinajstić information content (AvgIpc) is 2.65. The predicted molar refractivity (Wildman–Crippen MR) is 53.7 cm³/mol. The molecule has 80 valence electrons. The topological polar surface area (TPSA) is 55.4 Å². The van der Waals surface area contributed by atoms with Crippen LogP contribution < -0.4 is 5.32 Å². The van der Waals surface area contributed by atoms with Gasteiger partial charge in [-0.15, -0.1) is 0 Å². The minimum absolute atomic E-state index is 0.0525. The van der Waals surface area contributed by atoms with Gasteiger partial charge in [-0.05, 0) is 38.8 Å². The number of nitrogens with one attached hydrogen (secondary N) is 1. The Hall–Kier alpha value is -0.450. The summed E-state index contributed by atoms with van der Waals surface area (Å²) in [5.74, 6) is 0.122. The Kier molecular flexibility index (Phi) is 3.15. The number of Topliss-reactive ketones (excluding diaryl/α,β-unsaturated/α-hetero) is 1. The van der Waals surface area contributed by atoms with Crippen molar-refractivity contribution in [3.8, 4) is 0 Å². The van der Waals surface area contributed by atoms with Crippen LogP contribution in [0, 0.1) is 5.21 Å². The van der Waals surface area contributed by atoms with E-state index in [0.717, 1.165) is 43.7 Å². The Bertz CT molecular complexity index is 214. The maximum Gasteiger partial charge on any atom is 0.165 e. The molecule has 0 aromatic rings. The molecule has 0 saturated carbocycles. The van der Waals surface area contributed by atoms with Crippen LogP contribution >= 0.6 is 0 Å². The molecule has 2 unspecified atom stereocenters. The Morgan fingerprint density at radius 3 is 2.71 bits per heavy atom. The molecule has 4 nitrogen and oxygen atoms in total. The molecule has 0 radical (unpaired) electrons. The van der Waals surface area contributed by atoms with E-state index in [1.54, 1.807) is 0 Å². The van der Waals surface area contributed by atoms with Crippen molar-refractivity contribution in [1.29, 1.82) is 0 Å². The van der Waals surface area contributed by atoms with Crippen LogP contribution in [0.3, 0.4) is 0 Å². The molecular weight excluding hydrogens is 180 g/mol. The van der Waals surface area contributed by atoms with Crippen molar-refractivity contribution in [1.82, 2.24) is 10.4 Å². The first-order valence-corrected chi connectivity index (χ1v) is 5.50. The Labute approximate surface area is 84.2 Å². The third-order valence-electron chi connectivity index (χ3n) is 3.19. The molecule has 2 saturated heterocycles. The number of carbonyl (C=O) groups excluding carboxylic acids is 1. The lowest BCUT2D eigenvalue weighted by Gasteiger charge is -2.33. The van der Waals surface area contributed by atoms with E-state index in [-0.39, 0.29) is 17.9 Å². The smallest absolute Gasteiger partial charge is 0.165 e. The van der Waals surface area contributed by atoms with Crippen LogP contribution in [-0.2, 0) is 4.79 Å². The average molecular weight is 197 g/mol. The minimum Gasteiger partial charge on any atom is -0.785 e. The van der Waals surface area contributed by atoms with E-state index in [4.69, 9.17) is 0 Å². The molecule has 0 bridgehead atoms. The van der Waals surface area contributed by atoms with Crippen molar-refractivity contribution in [3.63, 3.8) is 0 Å². The highest BCUT2D eigenvalue weighted by Crippen LogP contribution is 2.20. The van der Waals surface area contributed by atoms with Crippen LogP contribution in [0.15, 0.2) is 0 Å². The SMILES string of the molecule is O=C(C1CCCCN1)C1CCCN1[O-]. The van der Waals surface area contributed by atoms with Crippen LogP contribution in [0.25, 0.3) is 0 Å². The maximum absolute atomic E-state index is 11.9. The van der Waals surface area contributed by atoms with Gasteiger partial charge in [-0.2, -0.15) is 0 Å². The molecule has 2 aliphatic rings. The van der Waals surface area contributed by atoms with E-state index >= 15 is 0 Å². The lowest BCUT2D eigenvalue weighted by atomic mass is 9.96. The van der Waals surface area contributed by atoms with Gasteiger partial charge in [0.2, 0.25) is 0 Å². The number of hydroxylamine groups is 2. The molecule has 2 atom stereocenters. The van der Waals surface area contributed by atoms with Crippen molar-refractivity contribution in [3.05, 3.63) is 5.21 Å². The molecule has 0 aromatic heterocycles. The van der Waals surface area contributed by atoms with E-state index < -0.39 is 0 Å². The number of rotatable bonds is 2. The van der Waals surface area contributed by atoms with E-state index in [1.165, 1.54) is 0 Å². The highest BCUT2D eigenvalue weighted by atomic mass is 16.5. The molecule has 4 heteroatoms. The largest absolute Gasteiger partial charge is 0.785 e.